The minimum absolute atomic E-state index is 0.119. The topological polar surface area (TPSA) is 57.6 Å². The van der Waals surface area contributed by atoms with Gasteiger partial charge in [0.05, 0.1) is 11.6 Å². The van der Waals surface area contributed by atoms with E-state index in [4.69, 9.17) is 0 Å². The van der Waals surface area contributed by atoms with Crippen molar-refractivity contribution in [2.24, 2.45) is 0 Å². The highest BCUT2D eigenvalue weighted by Crippen LogP contribution is 2.39. The first kappa shape index (κ1) is 17.0. The number of Topliss-reactive ketones (excluding diaryl/α,β-unsaturated/α-hetero) is 1. The van der Waals surface area contributed by atoms with Crippen molar-refractivity contribution in [2.75, 3.05) is 6.54 Å². The molecule has 1 atom stereocenters. The van der Waals surface area contributed by atoms with E-state index in [0.717, 1.165) is 18.4 Å². The molecule has 0 spiro atoms. The maximum atomic E-state index is 12.7. The smallest absolute Gasteiger partial charge is 0.295 e. The number of aliphatic hydroxyl groups excluding tert-OH is 1. The number of unbranched alkanes of at least 4 members (excludes halogenated alkanes) is 1. The van der Waals surface area contributed by atoms with Gasteiger partial charge < -0.3 is 10.0 Å². The van der Waals surface area contributed by atoms with Crippen LogP contribution in [0, 0.1) is 0 Å². The Kier molecular flexibility index (Phi) is 4.98. The third kappa shape index (κ3) is 3.20. The summed E-state index contributed by atoms with van der Waals surface area (Å²) in [5.41, 5.74) is 1.53. The van der Waals surface area contributed by atoms with Crippen molar-refractivity contribution in [3.63, 3.8) is 0 Å². The lowest BCUT2D eigenvalue weighted by Crippen LogP contribution is -2.30. The molecule has 128 valence electrons. The van der Waals surface area contributed by atoms with E-state index in [1.165, 1.54) is 0 Å². The predicted octanol–water partition coefficient (Wildman–Crippen LogP) is 3.91. The third-order valence-corrected chi connectivity index (χ3v) is 4.46. The van der Waals surface area contributed by atoms with Crippen molar-refractivity contribution in [1.82, 2.24) is 4.90 Å². The zero-order valence-electron chi connectivity index (χ0n) is 14.2. The number of hydrogen-bond acceptors (Lipinski definition) is 3. The van der Waals surface area contributed by atoms with E-state index in [1.54, 1.807) is 29.2 Å². The lowest BCUT2D eigenvalue weighted by molar-refractivity contribution is -0.139. The van der Waals surface area contributed by atoms with Crippen LogP contribution in [-0.4, -0.2) is 28.2 Å². The highest BCUT2D eigenvalue weighted by atomic mass is 16.3. The molecule has 0 unspecified atom stereocenters. The lowest BCUT2D eigenvalue weighted by Gasteiger charge is -2.25. The van der Waals surface area contributed by atoms with E-state index < -0.39 is 17.7 Å². The first-order valence-electron chi connectivity index (χ1n) is 8.54. The van der Waals surface area contributed by atoms with Crippen molar-refractivity contribution >= 4 is 17.4 Å². The molecule has 4 nitrogen and oxygen atoms in total. The zero-order chi connectivity index (χ0) is 17.8. The van der Waals surface area contributed by atoms with Crippen LogP contribution in [0.15, 0.2) is 66.2 Å². The highest BCUT2D eigenvalue weighted by molar-refractivity contribution is 6.46. The van der Waals surface area contributed by atoms with E-state index in [-0.39, 0.29) is 11.3 Å². The Morgan fingerprint density at radius 1 is 1.00 bits per heavy atom. The summed E-state index contributed by atoms with van der Waals surface area (Å²) in [7, 11) is 0. The molecule has 1 saturated heterocycles. The molecule has 0 bridgehead atoms. The second-order valence-corrected chi connectivity index (χ2v) is 6.12. The minimum atomic E-state index is -0.619. The van der Waals surface area contributed by atoms with Gasteiger partial charge in [-0.1, -0.05) is 74.0 Å². The Balaban J connectivity index is 2.14. The summed E-state index contributed by atoms with van der Waals surface area (Å²) in [6.45, 7) is 2.53. The number of likely N-dealkylation sites (tertiary alicyclic amines) is 1. The van der Waals surface area contributed by atoms with Crippen LogP contribution in [0.5, 0.6) is 0 Å². The number of nitrogens with zero attached hydrogens (tertiary/aromatic N) is 1. The van der Waals surface area contributed by atoms with Crippen LogP contribution in [0.25, 0.3) is 5.76 Å². The molecule has 1 aliphatic heterocycles. The first-order chi connectivity index (χ1) is 12.1. The molecule has 0 saturated carbocycles. The second-order valence-electron chi connectivity index (χ2n) is 6.12. The number of ketones is 1. The fourth-order valence-corrected chi connectivity index (χ4v) is 3.17. The van der Waals surface area contributed by atoms with Gasteiger partial charge >= 0.3 is 0 Å². The van der Waals surface area contributed by atoms with Gasteiger partial charge in [-0.3, -0.25) is 9.59 Å². The largest absolute Gasteiger partial charge is 0.507 e. The molecule has 4 heteroatoms. The molecule has 2 aromatic rings. The van der Waals surface area contributed by atoms with Crippen LogP contribution in [0.4, 0.5) is 0 Å². The Morgan fingerprint density at radius 3 is 2.20 bits per heavy atom. The Hall–Kier alpha value is -2.88. The summed E-state index contributed by atoms with van der Waals surface area (Å²) in [6.07, 6.45) is 1.73. The van der Waals surface area contributed by atoms with Crippen LogP contribution in [-0.2, 0) is 9.59 Å². The van der Waals surface area contributed by atoms with E-state index in [2.05, 4.69) is 0 Å². The van der Waals surface area contributed by atoms with E-state index >= 15 is 0 Å². The van der Waals surface area contributed by atoms with Crippen LogP contribution < -0.4 is 0 Å². The predicted molar refractivity (Wildman–Crippen MR) is 96.8 cm³/mol. The molecule has 2 aromatic carbocycles. The normalized spacial score (nSPS) is 19.4. The van der Waals surface area contributed by atoms with Crippen LogP contribution >= 0.6 is 0 Å². The number of amides is 1. The summed E-state index contributed by atoms with van der Waals surface area (Å²) < 4.78 is 0. The molecule has 0 radical (unpaired) electrons. The van der Waals surface area contributed by atoms with Crippen LogP contribution in [0.1, 0.15) is 36.9 Å². The zero-order valence-corrected chi connectivity index (χ0v) is 14.2. The SMILES string of the molecule is CCCCN1C(=O)C(=O)C(=C(O)c2ccccc2)[C@H]1c1ccccc1. The molecular weight excluding hydrogens is 314 g/mol. The minimum Gasteiger partial charge on any atom is -0.507 e. The molecule has 1 amide bonds. The van der Waals surface area contributed by atoms with E-state index in [1.807, 2.05) is 43.3 Å². The van der Waals surface area contributed by atoms with Gasteiger partial charge in [-0.05, 0) is 12.0 Å². The number of hydrogen-bond donors (Lipinski definition) is 1. The molecule has 1 heterocycles. The molecule has 1 aliphatic rings. The summed E-state index contributed by atoms with van der Waals surface area (Å²) in [5.74, 6) is -1.28. The van der Waals surface area contributed by atoms with Crippen LogP contribution in [0.3, 0.4) is 0 Å². The lowest BCUT2D eigenvalue weighted by atomic mass is 9.95. The summed E-state index contributed by atoms with van der Waals surface area (Å²) in [6, 6.07) is 17.7. The van der Waals surface area contributed by atoms with Gasteiger partial charge in [-0.2, -0.15) is 0 Å². The van der Waals surface area contributed by atoms with Gasteiger partial charge in [0.15, 0.2) is 0 Å². The van der Waals surface area contributed by atoms with Crippen molar-refractivity contribution < 1.29 is 14.7 Å². The Bertz CT molecular complexity index is 796. The molecule has 0 aromatic heterocycles. The number of rotatable bonds is 5. The summed E-state index contributed by atoms with van der Waals surface area (Å²) >= 11 is 0. The first-order valence-corrected chi connectivity index (χ1v) is 8.54. The van der Waals surface area contributed by atoms with Gasteiger partial charge in [0, 0.05) is 12.1 Å². The third-order valence-electron chi connectivity index (χ3n) is 4.46. The van der Waals surface area contributed by atoms with Gasteiger partial charge in [0.1, 0.15) is 5.76 Å². The van der Waals surface area contributed by atoms with E-state index in [0.29, 0.717) is 12.1 Å². The molecule has 3 rings (SSSR count). The summed E-state index contributed by atoms with van der Waals surface area (Å²) in [4.78, 5) is 26.8. The van der Waals surface area contributed by atoms with Crippen molar-refractivity contribution in [1.29, 1.82) is 0 Å². The fraction of sp³-hybridized carbons (Fsp3) is 0.238. The molecule has 1 fully saturated rings. The van der Waals surface area contributed by atoms with Gasteiger partial charge in [-0.25, -0.2) is 0 Å². The number of carbonyl (C=O) groups excluding carboxylic acids is 2. The molecule has 25 heavy (non-hydrogen) atoms. The number of aliphatic hydroxyl groups is 1. The molecule has 0 aliphatic carbocycles. The van der Waals surface area contributed by atoms with Crippen molar-refractivity contribution in [3.05, 3.63) is 77.4 Å². The van der Waals surface area contributed by atoms with Crippen LogP contribution in [0.2, 0.25) is 0 Å². The average Bonchev–Trinajstić information content (AvgIpc) is 2.91. The molecule has 1 N–H and O–H groups in total. The Morgan fingerprint density at radius 2 is 1.60 bits per heavy atom. The maximum absolute atomic E-state index is 12.7. The highest BCUT2D eigenvalue weighted by Gasteiger charge is 2.45. The standard InChI is InChI=1S/C21H21NO3/c1-2-3-14-22-18(15-10-6-4-7-11-15)17(20(24)21(22)25)19(23)16-12-8-5-9-13-16/h4-13,18,23H,2-3,14H2,1H3/t18-/m1/s1. The number of carbonyl (C=O) groups is 2. The van der Waals surface area contributed by atoms with Gasteiger partial charge in [-0.15, -0.1) is 0 Å². The molecular formula is C21H21NO3. The van der Waals surface area contributed by atoms with Gasteiger partial charge in [0.25, 0.3) is 11.7 Å². The number of benzene rings is 2. The van der Waals surface area contributed by atoms with Crippen molar-refractivity contribution in [2.45, 2.75) is 25.8 Å². The average molecular weight is 335 g/mol. The van der Waals surface area contributed by atoms with Gasteiger partial charge in [0.2, 0.25) is 0 Å². The summed E-state index contributed by atoms with van der Waals surface area (Å²) in [5, 5.41) is 10.8. The maximum Gasteiger partial charge on any atom is 0.295 e. The van der Waals surface area contributed by atoms with E-state index in [9.17, 15) is 14.7 Å². The quantitative estimate of drug-likeness (QED) is 0.512. The second kappa shape index (κ2) is 7.34. The Labute approximate surface area is 147 Å². The monoisotopic (exact) mass is 335 g/mol. The van der Waals surface area contributed by atoms with Crippen molar-refractivity contribution in [3.8, 4) is 0 Å². The fourth-order valence-electron chi connectivity index (χ4n) is 3.17.